The molecule has 0 N–H and O–H groups in total. The predicted molar refractivity (Wildman–Crippen MR) is 89.4 cm³/mol. The third kappa shape index (κ3) is 3.54. The summed E-state index contributed by atoms with van der Waals surface area (Å²) in [5.41, 5.74) is 2.84. The number of ketones is 1. The van der Waals surface area contributed by atoms with Crippen LogP contribution in [-0.4, -0.2) is 23.1 Å². The summed E-state index contributed by atoms with van der Waals surface area (Å²) in [6, 6.07) is 5.73. The van der Waals surface area contributed by atoms with E-state index in [0.717, 1.165) is 49.0 Å². The topological polar surface area (TPSA) is 37.4 Å². The lowest BCUT2D eigenvalue weighted by molar-refractivity contribution is -0.118. The number of fused-ring (bicyclic) bond motifs is 1. The Morgan fingerprint density at radius 2 is 2.05 bits per heavy atom. The van der Waals surface area contributed by atoms with Gasteiger partial charge in [-0.1, -0.05) is 36.2 Å². The zero-order valence-corrected chi connectivity index (χ0v) is 14.3. The molecular weight excluding hydrogens is 330 g/mol. The van der Waals surface area contributed by atoms with E-state index in [1.165, 1.54) is 0 Å². The minimum atomic E-state index is -0.111. The summed E-state index contributed by atoms with van der Waals surface area (Å²) in [6.45, 7) is 4.82. The highest BCUT2D eigenvalue weighted by molar-refractivity contribution is 9.10. The van der Waals surface area contributed by atoms with Crippen LogP contribution < -0.4 is 4.90 Å². The summed E-state index contributed by atoms with van der Waals surface area (Å²) in [6.07, 6.45) is 4.11. The molecule has 4 heteroatoms. The van der Waals surface area contributed by atoms with Gasteiger partial charge in [-0.25, -0.2) is 0 Å². The molecule has 21 heavy (non-hydrogen) atoms. The third-order valence-corrected chi connectivity index (χ3v) is 4.72. The Morgan fingerprint density at radius 3 is 2.71 bits per heavy atom. The van der Waals surface area contributed by atoms with Crippen LogP contribution in [0.4, 0.5) is 5.69 Å². The van der Waals surface area contributed by atoms with Crippen molar-refractivity contribution < 1.29 is 9.59 Å². The molecule has 1 aliphatic heterocycles. The van der Waals surface area contributed by atoms with E-state index in [4.69, 9.17) is 0 Å². The molecule has 0 aromatic heterocycles. The molecule has 0 spiro atoms. The monoisotopic (exact) mass is 351 g/mol. The average Bonchev–Trinajstić information content (AvgIpc) is 2.90. The molecule has 0 fully saturated rings. The van der Waals surface area contributed by atoms with Crippen molar-refractivity contribution in [1.82, 2.24) is 0 Å². The number of hydrogen-bond donors (Lipinski definition) is 0. The van der Waals surface area contributed by atoms with Crippen LogP contribution in [0.3, 0.4) is 0 Å². The number of halogens is 1. The normalized spacial score (nSPS) is 14.9. The van der Waals surface area contributed by atoms with Crippen LogP contribution in [0.1, 0.15) is 55.5 Å². The van der Waals surface area contributed by atoms with Gasteiger partial charge in [-0.05, 0) is 43.0 Å². The zero-order chi connectivity index (χ0) is 15.4. The molecule has 1 aliphatic rings. The van der Waals surface area contributed by atoms with Crippen LogP contribution in [0.25, 0.3) is 0 Å². The first kappa shape index (κ1) is 16.2. The van der Waals surface area contributed by atoms with E-state index in [-0.39, 0.29) is 16.5 Å². The lowest BCUT2D eigenvalue weighted by atomic mass is 10.0. The Morgan fingerprint density at radius 1 is 1.29 bits per heavy atom. The van der Waals surface area contributed by atoms with E-state index >= 15 is 0 Å². The van der Waals surface area contributed by atoms with Crippen LogP contribution in [0.2, 0.25) is 0 Å². The molecule has 1 aromatic carbocycles. The highest BCUT2D eigenvalue weighted by Crippen LogP contribution is 2.30. The Hall–Kier alpha value is -1.16. The highest BCUT2D eigenvalue weighted by atomic mass is 79.9. The molecule has 3 nitrogen and oxygen atoms in total. The van der Waals surface area contributed by atoms with Crippen molar-refractivity contribution in [1.29, 1.82) is 0 Å². The van der Waals surface area contributed by atoms with Gasteiger partial charge in [-0.2, -0.15) is 0 Å². The van der Waals surface area contributed by atoms with Crippen LogP contribution >= 0.6 is 15.9 Å². The number of benzene rings is 1. The number of nitrogens with zero attached hydrogens (tertiary/aromatic N) is 1. The van der Waals surface area contributed by atoms with Crippen molar-refractivity contribution in [2.75, 3.05) is 11.4 Å². The minimum Gasteiger partial charge on any atom is -0.312 e. The van der Waals surface area contributed by atoms with Gasteiger partial charge in [0.05, 0.1) is 4.83 Å². The molecular formula is C17H22BrNO2. The number of hydrogen-bond acceptors (Lipinski definition) is 2. The number of anilines is 1. The van der Waals surface area contributed by atoms with Gasteiger partial charge >= 0.3 is 0 Å². The van der Waals surface area contributed by atoms with Gasteiger partial charge < -0.3 is 4.90 Å². The third-order valence-electron chi connectivity index (χ3n) is 3.85. The van der Waals surface area contributed by atoms with Crippen molar-refractivity contribution in [2.24, 2.45) is 0 Å². The molecule has 1 unspecified atom stereocenters. The molecule has 0 radical (unpaired) electrons. The molecule has 2 rings (SSSR count). The largest absolute Gasteiger partial charge is 0.312 e. The smallest absolute Gasteiger partial charge is 0.226 e. The van der Waals surface area contributed by atoms with Gasteiger partial charge in [0.15, 0.2) is 5.78 Å². The van der Waals surface area contributed by atoms with Crippen molar-refractivity contribution in [3.05, 3.63) is 29.3 Å². The van der Waals surface area contributed by atoms with E-state index < -0.39 is 0 Å². The number of alkyl halides is 1. The van der Waals surface area contributed by atoms with Crippen molar-refractivity contribution >= 4 is 33.3 Å². The number of carbonyl (C=O) groups is 2. The number of Topliss-reactive ketones (excluding diaryl/α,β-unsaturated/α-hetero) is 1. The quantitative estimate of drug-likeness (QED) is 0.570. The van der Waals surface area contributed by atoms with Crippen molar-refractivity contribution in [2.45, 2.75) is 50.8 Å². The minimum absolute atomic E-state index is 0.111. The van der Waals surface area contributed by atoms with E-state index in [9.17, 15) is 9.59 Å². The maximum Gasteiger partial charge on any atom is 0.226 e. The first-order valence-corrected chi connectivity index (χ1v) is 8.61. The maximum atomic E-state index is 12.3. The summed E-state index contributed by atoms with van der Waals surface area (Å²) >= 11 is 3.46. The Labute approximate surface area is 134 Å². The van der Waals surface area contributed by atoms with Crippen molar-refractivity contribution in [3.8, 4) is 0 Å². The molecule has 0 saturated carbocycles. The van der Waals surface area contributed by atoms with Gasteiger partial charge in [0.2, 0.25) is 5.91 Å². The fourth-order valence-electron chi connectivity index (χ4n) is 2.73. The van der Waals surface area contributed by atoms with Crippen LogP contribution in [0.5, 0.6) is 0 Å². The number of carbonyl (C=O) groups excluding carboxylic acids is 2. The van der Waals surface area contributed by atoms with Gasteiger partial charge in [0, 0.05) is 24.2 Å². The van der Waals surface area contributed by atoms with Gasteiger partial charge in [-0.15, -0.1) is 0 Å². The summed E-state index contributed by atoms with van der Waals surface area (Å²) in [4.78, 5) is 26.1. The first-order valence-electron chi connectivity index (χ1n) is 7.70. The van der Waals surface area contributed by atoms with E-state index in [2.05, 4.69) is 22.9 Å². The standard InChI is InChI=1S/C17H22BrNO2/c1-3-5-14(18)17(21)13-7-8-15-12(11-13)9-10-19(15)16(20)6-4-2/h7-8,11,14H,3-6,9-10H2,1-2H3. The fourth-order valence-corrected chi connectivity index (χ4v) is 3.45. The SMILES string of the molecule is CCCC(=O)N1CCc2cc(C(=O)C(Br)CCC)ccc21. The number of rotatable bonds is 6. The lowest BCUT2D eigenvalue weighted by Crippen LogP contribution is -2.28. The summed E-state index contributed by atoms with van der Waals surface area (Å²) in [5.74, 6) is 0.317. The van der Waals surface area contributed by atoms with Crippen LogP contribution in [-0.2, 0) is 11.2 Å². The van der Waals surface area contributed by atoms with E-state index in [1.54, 1.807) is 0 Å². The Bertz CT molecular complexity index is 542. The predicted octanol–water partition coefficient (Wildman–Crippen LogP) is 4.12. The Kier molecular flexibility index (Phi) is 5.57. The van der Waals surface area contributed by atoms with Crippen molar-refractivity contribution in [3.63, 3.8) is 0 Å². The second-order valence-electron chi connectivity index (χ2n) is 5.51. The average molecular weight is 352 g/mol. The zero-order valence-electron chi connectivity index (χ0n) is 12.7. The first-order chi connectivity index (χ1) is 10.1. The number of amides is 1. The Balaban J connectivity index is 2.18. The molecule has 1 atom stereocenters. The molecule has 0 saturated heterocycles. The molecule has 0 bridgehead atoms. The molecule has 1 amide bonds. The van der Waals surface area contributed by atoms with E-state index in [0.29, 0.717) is 6.42 Å². The molecule has 1 heterocycles. The van der Waals surface area contributed by atoms with Gasteiger partial charge in [0.1, 0.15) is 0 Å². The van der Waals surface area contributed by atoms with E-state index in [1.807, 2.05) is 30.0 Å². The second-order valence-corrected chi connectivity index (χ2v) is 6.61. The van der Waals surface area contributed by atoms with Gasteiger partial charge in [-0.3, -0.25) is 9.59 Å². The van der Waals surface area contributed by atoms with Crippen LogP contribution in [0, 0.1) is 0 Å². The summed E-state index contributed by atoms with van der Waals surface area (Å²) in [5, 5.41) is 0. The maximum absolute atomic E-state index is 12.3. The fraction of sp³-hybridized carbons (Fsp3) is 0.529. The summed E-state index contributed by atoms with van der Waals surface area (Å²) in [7, 11) is 0. The highest BCUT2D eigenvalue weighted by Gasteiger charge is 2.25. The molecule has 1 aromatic rings. The van der Waals surface area contributed by atoms with Crippen LogP contribution in [0.15, 0.2) is 18.2 Å². The molecule has 114 valence electrons. The lowest BCUT2D eigenvalue weighted by Gasteiger charge is -2.17. The molecule has 0 aliphatic carbocycles. The second kappa shape index (κ2) is 7.21. The van der Waals surface area contributed by atoms with Gasteiger partial charge in [0.25, 0.3) is 0 Å². The summed E-state index contributed by atoms with van der Waals surface area (Å²) < 4.78 is 0.